The van der Waals surface area contributed by atoms with Gasteiger partial charge in [-0.15, -0.1) is 0 Å². The van der Waals surface area contributed by atoms with Crippen molar-refractivity contribution in [2.24, 2.45) is 0 Å². The molecular formula is C16H17NO3. The molecule has 0 aromatic heterocycles. The lowest BCUT2D eigenvalue weighted by Gasteiger charge is -2.25. The molecule has 0 spiro atoms. The van der Waals surface area contributed by atoms with Gasteiger partial charge in [0.2, 0.25) is 0 Å². The normalized spacial score (nSPS) is 12.3. The molecule has 0 aliphatic carbocycles. The summed E-state index contributed by atoms with van der Waals surface area (Å²) in [6.45, 7) is 0.521. The largest absolute Gasteiger partial charge is 0.508 e. The lowest BCUT2D eigenvalue weighted by atomic mass is 10.0. The molecule has 0 saturated heterocycles. The van der Waals surface area contributed by atoms with E-state index in [1.807, 2.05) is 30.3 Å². The summed E-state index contributed by atoms with van der Waals surface area (Å²) >= 11 is 0. The number of rotatable bonds is 5. The van der Waals surface area contributed by atoms with Crippen molar-refractivity contribution in [1.29, 1.82) is 0 Å². The van der Waals surface area contributed by atoms with Gasteiger partial charge in [0.05, 0.1) is 0 Å². The third-order valence-electron chi connectivity index (χ3n) is 3.14. The second kappa shape index (κ2) is 6.21. The SMILES string of the molecule is CN(Cc1ccccc1)C(C(=O)O)c1cccc(O)c1. The topological polar surface area (TPSA) is 60.8 Å². The van der Waals surface area contributed by atoms with Gasteiger partial charge in [0.25, 0.3) is 0 Å². The van der Waals surface area contributed by atoms with Crippen LogP contribution in [0.2, 0.25) is 0 Å². The van der Waals surface area contributed by atoms with Gasteiger partial charge in [0, 0.05) is 6.54 Å². The van der Waals surface area contributed by atoms with Gasteiger partial charge in [0.15, 0.2) is 0 Å². The van der Waals surface area contributed by atoms with E-state index in [1.165, 1.54) is 12.1 Å². The molecule has 2 N–H and O–H groups in total. The number of aliphatic carboxylic acids is 1. The second-order valence-corrected chi connectivity index (χ2v) is 4.74. The van der Waals surface area contributed by atoms with Gasteiger partial charge in [-0.05, 0) is 30.3 Å². The molecule has 0 fully saturated rings. The molecule has 1 unspecified atom stereocenters. The van der Waals surface area contributed by atoms with Gasteiger partial charge >= 0.3 is 5.97 Å². The maximum absolute atomic E-state index is 11.5. The summed E-state index contributed by atoms with van der Waals surface area (Å²) < 4.78 is 0. The lowest BCUT2D eigenvalue weighted by Crippen LogP contribution is -2.30. The Bertz CT molecular complexity index is 583. The minimum Gasteiger partial charge on any atom is -0.508 e. The second-order valence-electron chi connectivity index (χ2n) is 4.74. The van der Waals surface area contributed by atoms with Crippen molar-refractivity contribution >= 4 is 5.97 Å². The van der Waals surface area contributed by atoms with E-state index < -0.39 is 12.0 Å². The van der Waals surface area contributed by atoms with Crippen LogP contribution in [0.1, 0.15) is 17.2 Å². The zero-order chi connectivity index (χ0) is 14.5. The number of aromatic hydroxyl groups is 1. The van der Waals surface area contributed by atoms with Gasteiger partial charge in [-0.25, -0.2) is 0 Å². The monoisotopic (exact) mass is 271 g/mol. The smallest absolute Gasteiger partial charge is 0.325 e. The first kappa shape index (κ1) is 14.1. The molecule has 0 saturated carbocycles. The van der Waals surface area contributed by atoms with Crippen molar-refractivity contribution in [2.75, 3.05) is 7.05 Å². The highest BCUT2D eigenvalue weighted by Gasteiger charge is 2.24. The summed E-state index contributed by atoms with van der Waals surface area (Å²) in [5, 5.41) is 18.9. The zero-order valence-electron chi connectivity index (χ0n) is 11.2. The number of carboxylic acids is 1. The van der Waals surface area contributed by atoms with E-state index in [2.05, 4.69) is 0 Å². The van der Waals surface area contributed by atoms with Gasteiger partial charge in [-0.3, -0.25) is 9.69 Å². The molecule has 0 amide bonds. The molecular weight excluding hydrogens is 254 g/mol. The van der Waals surface area contributed by atoms with Crippen LogP contribution in [-0.4, -0.2) is 28.1 Å². The first-order valence-electron chi connectivity index (χ1n) is 6.34. The molecule has 0 radical (unpaired) electrons. The summed E-state index contributed by atoms with van der Waals surface area (Å²) in [4.78, 5) is 13.3. The predicted octanol–water partition coefficient (Wildman–Crippen LogP) is 2.65. The molecule has 4 nitrogen and oxygen atoms in total. The number of phenolic OH excluding ortho intramolecular Hbond substituents is 1. The number of benzene rings is 2. The van der Waals surface area contributed by atoms with Gasteiger partial charge in [-0.1, -0.05) is 42.5 Å². The number of carboxylic acid groups (broad SMARTS) is 1. The van der Waals surface area contributed by atoms with Gasteiger partial charge in [0.1, 0.15) is 11.8 Å². The minimum atomic E-state index is -0.936. The third-order valence-corrected chi connectivity index (χ3v) is 3.14. The first-order valence-corrected chi connectivity index (χ1v) is 6.34. The number of phenols is 1. The molecule has 2 aromatic carbocycles. The number of carbonyl (C=O) groups is 1. The van der Waals surface area contributed by atoms with Crippen LogP contribution in [0.15, 0.2) is 54.6 Å². The Hall–Kier alpha value is -2.33. The molecule has 4 heteroatoms. The lowest BCUT2D eigenvalue weighted by molar-refractivity contribution is -0.143. The molecule has 2 aromatic rings. The standard InChI is InChI=1S/C16H17NO3/c1-17(11-12-6-3-2-4-7-12)15(16(19)20)13-8-5-9-14(18)10-13/h2-10,15,18H,11H2,1H3,(H,19,20). The number of hydrogen-bond donors (Lipinski definition) is 2. The predicted molar refractivity (Wildman–Crippen MR) is 76.4 cm³/mol. The Morgan fingerprint density at radius 2 is 1.85 bits per heavy atom. The van der Waals surface area contributed by atoms with Crippen LogP contribution < -0.4 is 0 Å². The summed E-state index contributed by atoms with van der Waals surface area (Å²) in [5.41, 5.74) is 1.61. The highest BCUT2D eigenvalue weighted by Crippen LogP contribution is 2.24. The van der Waals surface area contributed by atoms with E-state index >= 15 is 0 Å². The Balaban J connectivity index is 2.23. The van der Waals surface area contributed by atoms with Crippen LogP contribution in [0, 0.1) is 0 Å². The third kappa shape index (κ3) is 3.36. The molecule has 104 valence electrons. The van der Waals surface area contributed by atoms with Crippen LogP contribution in [0.25, 0.3) is 0 Å². The number of hydrogen-bond acceptors (Lipinski definition) is 3. The summed E-state index contributed by atoms with van der Waals surface area (Å²) in [6, 6.07) is 15.3. The highest BCUT2D eigenvalue weighted by molar-refractivity contribution is 5.75. The highest BCUT2D eigenvalue weighted by atomic mass is 16.4. The Labute approximate surface area is 117 Å². The summed E-state index contributed by atoms with van der Waals surface area (Å²) in [5.74, 6) is -0.865. The Morgan fingerprint density at radius 3 is 2.45 bits per heavy atom. The number of likely N-dealkylation sites (N-methyl/N-ethyl adjacent to an activating group) is 1. The minimum absolute atomic E-state index is 0.0712. The Morgan fingerprint density at radius 1 is 1.15 bits per heavy atom. The van der Waals surface area contributed by atoms with E-state index in [4.69, 9.17) is 0 Å². The molecule has 0 aliphatic heterocycles. The molecule has 0 aliphatic rings. The van der Waals surface area contributed by atoms with Crippen LogP contribution in [0.5, 0.6) is 5.75 Å². The van der Waals surface area contributed by atoms with Crippen molar-refractivity contribution in [2.45, 2.75) is 12.6 Å². The molecule has 0 bridgehead atoms. The van der Waals surface area contributed by atoms with Gasteiger partial charge < -0.3 is 10.2 Å². The fourth-order valence-electron chi connectivity index (χ4n) is 2.24. The van der Waals surface area contributed by atoms with Crippen LogP contribution in [0.3, 0.4) is 0 Å². The fourth-order valence-corrected chi connectivity index (χ4v) is 2.24. The van der Waals surface area contributed by atoms with E-state index in [0.29, 0.717) is 12.1 Å². The van der Waals surface area contributed by atoms with Crippen LogP contribution in [-0.2, 0) is 11.3 Å². The van der Waals surface area contributed by atoms with Gasteiger partial charge in [-0.2, -0.15) is 0 Å². The van der Waals surface area contributed by atoms with Crippen molar-refractivity contribution in [3.63, 3.8) is 0 Å². The average Bonchev–Trinajstić information content (AvgIpc) is 2.39. The Kier molecular flexibility index (Phi) is 4.38. The molecule has 20 heavy (non-hydrogen) atoms. The van der Waals surface area contributed by atoms with Crippen molar-refractivity contribution in [3.05, 3.63) is 65.7 Å². The van der Waals surface area contributed by atoms with Crippen LogP contribution in [0.4, 0.5) is 0 Å². The summed E-state index contributed by atoms with van der Waals surface area (Å²) in [6.07, 6.45) is 0. The molecule has 2 rings (SSSR count). The van der Waals surface area contributed by atoms with E-state index in [0.717, 1.165) is 5.56 Å². The summed E-state index contributed by atoms with van der Waals surface area (Å²) in [7, 11) is 1.76. The maximum Gasteiger partial charge on any atom is 0.325 e. The van der Waals surface area contributed by atoms with E-state index in [9.17, 15) is 15.0 Å². The van der Waals surface area contributed by atoms with E-state index in [1.54, 1.807) is 24.1 Å². The van der Waals surface area contributed by atoms with Crippen LogP contribution >= 0.6 is 0 Å². The molecule has 0 heterocycles. The quantitative estimate of drug-likeness (QED) is 0.877. The molecule has 1 atom stereocenters. The van der Waals surface area contributed by atoms with E-state index in [-0.39, 0.29) is 5.75 Å². The van der Waals surface area contributed by atoms with Crippen molar-refractivity contribution in [3.8, 4) is 5.75 Å². The first-order chi connectivity index (χ1) is 9.58. The van der Waals surface area contributed by atoms with Crippen molar-refractivity contribution < 1.29 is 15.0 Å². The average molecular weight is 271 g/mol. The van der Waals surface area contributed by atoms with Crippen molar-refractivity contribution in [1.82, 2.24) is 4.90 Å². The maximum atomic E-state index is 11.5. The number of nitrogens with zero attached hydrogens (tertiary/aromatic N) is 1. The zero-order valence-corrected chi connectivity index (χ0v) is 11.2. The fraction of sp³-hybridized carbons (Fsp3) is 0.188.